The first-order valence-electron chi connectivity index (χ1n) is 8.55. The van der Waals surface area contributed by atoms with E-state index in [-0.39, 0.29) is 40.1 Å². The van der Waals surface area contributed by atoms with Crippen LogP contribution < -0.4 is 5.32 Å². The van der Waals surface area contributed by atoms with Crippen LogP contribution in [0.2, 0.25) is 0 Å². The van der Waals surface area contributed by atoms with Crippen LogP contribution in [0.15, 0.2) is 58.0 Å². The molecule has 1 aromatic heterocycles. The number of amides is 1. The lowest BCUT2D eigenvalue weighted by molar-refractivity contribution is -0.137. The molecule has 0 saturated carbocycles. The normalized spacial score (nSPS) is 17.8. The summed E-state index contributed by atoms with van der Waals surface area (Å²) in [4.78, 5) is 18.4. The number of thiazole rings is 1. The maximum absolute atomic E-state index is 12.9. The third-order valence-corrected chi connectivity index (χ3v) is 6.22. The number of hydrogen-bond acceptors (Lipinski definition) is 6. The maximum Gasteiger partial charge on any atom is 0.416 e. The summed E-state index contributed by atoms with van der Waals surface area (Å²) < 4.78 is 66.0. The lowest BCUT2D eigenvalue weighted by Gasteiger charge is -2.28. The molecule has 0 saturated heterocycles. The van der Waals surface area contributed by atoms with Gasteiger partial charge in [0.1, 0.15) is 0 Å². The molecule has 0 bridgehead atoms. The monoisotopic (exact) mass is 454 g/mol. The summed E-state index contributed by atoms with van der Waals surface area (Å²) in [6, 6.07) is 4.72. The van der Waals surface area contributed by atoms with E-state index in [4.69, 9.17) is 0 Å². The van der Waals surface area contributed by atoms with Crippen molar-refractivity contribution in [2.45, 2.75) is 6.18 Å². The van der Waals surface area contributed by atoms with E-state index < -0.39 is 27.7 Å². The first kappa shape index (κ1) is 20.3. The smallest absolute Gasteiger partial charge is 0.331 e. The summed E-state index contributed by atoms with van der Waals surface area (Å²) in [6.45, 7) is 0.180. The van der Waals surface area contributed by atoms with Gasteiger partial charge in [-0.15, -0.1) is 15.7 Å². The number of anilines is 1. The van der Waals surface area contributed by atoms with Gasteiger partial charge in [-0.2, -0.15) is 13.2 Å². The molecule has 3 heterocycles. The quantitative estimate of drug-likeness (QED) is 0.769. The molecular weight excluding hydrogens is 441 g/mol. The Bertz CT molecular complexity index is 1210. The Morgan fingerprint density at radius 1 is 1.27 bits per heavy atom. The van der Waals surface area contributed by atoms with Gasteiger partial charge in [0, 0.05) is 23.7 Å². The van der Waals surface area contributed by atoms with E-state index in [1.807, 2.05) is 0 Å². The van der Waals surface area contributed by atoms with Crippen molar-refractivity contribution in [2.75, 3.05) is 17.6 Å². The number of nitrogens with zero attached hydrogens (tertiary/aromatic N) is 3. The fourth-order valence-corrected chi connectivity index (χ4v) is 4.58. The van der Waals surface area contributed by atoms with Crippen molar-refractivity contribution in [2.24, 2.45) is 4.40 Å². The van der Waals surface area contributed by atoms with Gasteiger partial charge in [-0.1, -0.05) is 12.1 Å². The largest absolute Gasteiger partial charge is 0.416 e. The zero-order valence-corrected chi connectivity index (χ0v) is 16.7. The molecule has 2 aliphatic rings. The molecular formula is C18H13F3N4O3S2. The van der Waals surface area contributed by atoms with Crippen LogP contribution in [0.5, 0.6) is 0 Å². The van der Waals surface area contributed by atoms with Crippen molar-refractivity contribution in [1.29, 1.82) is 0 Å². The molecule has 1 N–H and O–H groups in total. The Kier molecular flexibility index (Phi) is 4.98. The SMILES string of the molecule is O=C(Nc1nc(-c2cccc(C(F)(F)F)c2)cs1)C1=CC=CN2CCS(=O)(=O)N=C12. The average Bonchev–Trinajstić information content (AvgIpc) is 3.14. The second-order valence-electron chi connectivity index (χ2n) is 6.39. The van der Waals surface area contributed by atoms with E-state index in [1.54, 1.807) is 17.2 Å². The van der Waals surface area contributed by atoms with Gasteiger partial charge in [0.05, 0.1) is 22.6 Å². The number of allylic oxidation sites excluding steroid dienone is 2. The number of aromatic nitrogens is 1. The highest BCUT2D eigenvalue weighted by Gasteiger charge is 2.31. The highest BCUT2D eigenvalue weighted by molar-refractivity contribution is 7.90. The van der Waals surface area contributed by atoms with E-state index >= 15 is 0 Å². The lowest BCUT2D eigenvalue weighted by atomic mass is 10.1. The first-order valence-corrected chi connectivity index (χ1v) is 11.0. The van der Waals surface area contributed by atoms with E-state index in [0.29, 0.717) is 0 Å². The molecule has 156 valence electrons. The van der Waals surface area contributed by atoms with Gasteiger partial charge in [0.2, 0.25) is 0 Å². The average molecular weight is 454 g/mol. The van der Waals surface area contributed by atoms with E-state index in [1.165, 1.54) is 23.6 Å². The topological polar surface area (TPSA) is 91.7 Å². The van der Waals surface area contributed by atoms with Gasteiger partial charge < -0.3 is 4.90 Å². The van der Waals surface area contributed by atoms with Crippen LogP contribution in [0.1, 0.15) is 5.56 Å². The molecule has 1 aromatic carbocycles. The maximum atomic E-state index is 12.9. The highest BCUT2D eigenvalue weighted by Crippen LogP contribution is 2.33. The Balaban J connectivity index is 1.56. The number of benzene rings is 1. The molecule has 30 heavy (non-hydrogen) atoms. The molecule has 0 aliphatic carbocycles. The summed E-state index contributed by atoms with van der Waals surface area (Å²) in [6.07, 6.45) is 0.186. The van der Waals surface area contributed by atoms with Crippen molar-refractivity contribution >= 4 is 38.2 Å². The molecule has 4 rings (SSSR count). The number of carbonyl (C=O) groups is 1. The Morgan fingerprint density at radius 2 is 2.07 bits per heavy atom. The van der Waals surface area contributed by atoms with Crippen LogP contribution in [0.25, 0.3) is 11.3 Å². The van der Waals surface area contributed by atoms with E-state index in [9.17, 15) is 26.4 Å². The van der Waals surface area contributed by atoms with Crippen molar-refractivity contribution in [3.05, 3.63) is 59.1 Å². The minimum Gasteiger partial charge on any atom is -0.331 e. The second kappa shape index (κ2) is 7.36. The number of alkyl halides is 3. The van der Waals surface area contributed by atoms with Gasteiger partial charge >= 0.3 is 6.18 Å². The minimum atomic E-state index is -4.48. The number of amidine groups is 1. The van der Waals surface area contributed by atoms with Crippen molar-refractivity contribution in [3.8, 4) is 11.3 Å². The third kappa shape index (κ3) is 4.14. The molecule has 7 nitrogen and oxygen atoms in total. The second-order valence-corrected chi connectivity index (χ2v) is 9.00. The molecule has 0 spiro atoms. The molecule has 0 fully saturated rings. The van der Waals surface area contributed by atoms with Crippen molar-refractivity contribution in [1.82, 2.24) is 9.88 Å². The fourth-order valence-electron chi connectivity index (χ4n) is 2.88. The Labute approximate surface area is 173 Å². The minimum absolute atomic E-state index is 0.0240. The number of fused-ring (bicyclic) bond motifs is 1. The highest BCUT2D eigenvalue weighted by atomic mass is 32.2. The number of rotatable bonds is 3. The zero-order valence-electron chi connectivity index (χ0n) is 15.0. The molecule has 0 unspecified atom stereocenters. The van der Waals surface area contributed by atoms with Crippen molar-refractivity contribution in [3.63, 3.8) is 0 Å². The predicted octanol–water partition coefficient (Wildman–Crippen LogP) is 3.27. The molecule has 0 radical (unpaired) electrons. The first-order chi connectivity index (χ1) is 14.1. The van der Waals surface area contributed by atoms with Crippen LogP contribution in [0.4, 0.5) is 18.3 Å². The van der Waals surface area contributed by atoms with Gasteiger partial charge in [-0.25, -0.2) is 13.4 Å². The Hall–Kier alpha value is -2.99. The lowest BCUT2D eigenvalue weighted by Crippen LogP contribution is -2.40. The number of carbonyl (C=O) groups excluding carboxylic acids is 1. The van der Waals surface area contributed by atoms with Gasteiger partial charge in [-0.05, 0) is 24.3 Å². The summed E-state index contributed by atoms with van der Waals surface area (Å²) >= 11 is 1.04. The molecule has 2 aromatic rings. The predicted molar refractivity (Wildman–Crippen MR) is 106 cm³/mol. The summed E-state index contributed by atoms with van der Waals surface area (Å²) in [7, 11) is -3.65. The van der Waals surface area contributed by atoms with Gasteiger partial charge in [-0.3, -0.25) is 10.1 Å². The number of hydrogen-bond donors (Lipinski definition) is 1. The van der Waals surface area contributed by atoms with Crippen LogP contribution >= 0.6 is 11.3 Å². The number of sulfonamides is 1. The number of nitrogens with one attached hydrogen (secondary N) is 1. The zero-order chi connectivity index (χ0) is 21.5. The number of halogens is 3. The summed E-state index contributed by atoms with van der Waals surface area (Å²) in [5.41, 5.74) is -0.209. The van der Waals surface area contributed by atoms with Crippen LogP contribution in [0.3, 0.4) is 0 Å². The van der Waals surface area contributed by atoms with Gasteiger partial charge in [0.15, 0.2) is 11.0 Å². The Morgan fingerprint density at radius 3 is 2.83 bits per heavy atom. The standard InChI is InChI=1S/C18H13F3N4O3S2/c19-18(20,21)12-4-1-3-11(9-12)14-10-29-17(22-14)23-16(26)13-5-2-6-25-7-8-30(27,28)24-15(13)25/h1-6,9-10H,7-8H2,(H,22,23,26). The van der Waals surface area contributed by atoms with Crippen LogP contribution in [0, 0.1) is 0 Å². The van der Waals surface area contributed by atoms with E-state index in [2.05, 4.69) is 14.7 Å². The van der Waals surface area contributed by atoms with Crippen molar-refractivity contribution < 1.29 is 26.4 Å². The van der Waals surface area contributed by atoms with E-state index in [0.717, 1.165) is 23.5 Å². The molecule has 1 amide bonds. The van der Waals surface area contributed by atoms with Crippen LogP contribution in [-0.4, -0.2) is 42.3 Å². The summed E-state index contributed by atoms with van der Waals surface area (Å²) in [5.74, 6) is -0.746. The molecule has 2 aliphatic heterocycles. The molecule has 12 heteroatoms. The van der Waals surface area contributed by atoms with Gasteiger partial charge in [0.25, 0.3) is 15.9 Å². The third-order valence-electron chi connectivity index (χ3n) is 4.31. The van der Waals surface area contributed by atoms with Crippen LogP contribution in [-0.2, 0) is 21.0 Å². The fraction of sp³-hybridized carbons (Fsp3) is 0.167. The molecule has 0 atom stereocenters. The summed E-state index contributed by atoms with van der Waals surface area (Å²) in [5, 5.41) is 4.23.